The van der Waals surface area contributed by atoms with E-state index >= 15 is 0 Å². The summed E-state index contributed by atoms with van der Waals surface area (Å²) in [5.41, 5.74) is 4.33. The Morgan fingerprint density at radius 3 is 2.31 bits per heavy atom. The first-order valence-corrected chi connectivity index (χ1v) is 16.0. The number of epoxide rings is 1. The average molecular weight is 395 g/mol. The molecule has 0 amide bonds. The van der Waals surface area contributed by atoms with Gasteiger partial charge < -0.3 is 14.0 Å². The molecular formula is C21H38O3Si2. The molecule has 1 saturated heterocycles. The lowest BCUT2D eigenvalue weighted by atomic mass is 9.96. The highest BCUT2D eigenvalue weighted by atomic mass is 28.4. The number of hydrogen-bond donors (Lipinski definition) is 0. The Kier molecular flexibility index (Phi) is 7.69. The van der Waals surface area contributed by atoms with Crippen molar-refractivity contribution in [3.8, 4) is 11.5 Å². The fourth-order valence-electron chi connectivity index (χ4n) is 2.39. The second kappa shape index (κ2) is 8.56. The molecule has 3 nitrogen and oxygen atoms in total. The highest BCUT2D eigenvalue weighted by Crippen LogP contribution is 2.41. The topological polar surface area (TPSA) is 38.8 Å². The first-order valence-electron chi connectivity index (χ1n) is 9.64. The van der Waals surface area contributed by atoms with Gasteiger partial charge in [0, 0.05) is 12.3 Å². The van der Waals surface area contributed by atoms with Gasteiger partial charge in [-0.2, -0.15) is 0 Å². The van der Waals surface area contributed by atoms with Crippen LogP contribution in [0, 0.1) is 17.4 Å². The zero-order valence-electron chi connectivity index (χ0n) is 18.2. The van der Waals surface area contributed by atoms with Crippen LogP contribution in [0.4, 0.5) is 0 Å². The van der Waals surface area contributed by atoms with Gasteiger partial charge in [0.25, 0.3) is 0 Å². The Balaban J connectivity index is 2.84. The van der Waals surface area contributed by atoms with Gasteiger partial charge in [-0.3, -0.25) is 0 Å². The van der Waals surface area contributed by atoms with Gasteiger partial charge in [-0.1, -0.05) is 59.5 Å². The minimum absolute atomic E-state index is 0.0375. The van der Waals surface area contributed by atoms with Crippen LogP contribution in [0.1, 0.15) is 40.5 Å². The van der Waals surface area contributed by atoms with Crippen molar-refractivity contribution in [1.82, 2.24) is 0 Å². The maximum atomic E-state index is 11.1. The number of carbonyl (C=O) groups is 1. The zero-order valence-corrected chi connectivity index (χ0v) is 20.2. The molecule has 0 bridgehead atoms. The molecule has 0 aromatic heterocycles. The van der Waals surface area contributed by atoms with Crippen LogP contribution in [0.5, 0.6) is 0 Å². The van der Waals surface area contributed by atoms with Crippen molar-refractivity contribution in [2.24, 2.45) is 5.92 Å². The number of ether oxygens (including phenoxy) is 1. The molecule has 0 aromatic rings. The van der Waals surface area contributed by atoms with E-state index < -0.39 is 16.4 Å². The third kappa shape index (κ3) is 7.15. The van der Waals surface area contributed by atoms with Gasteiger partial charge in [0.05, 0.1) is 12.2 Å². The van der Waals surface area contributed by atoms with Gasteiger partial charge in [0.2, 0.25) is 0 Å². The molecule has 0 saturated carbocycles. The second-order valence-electron chi connectivity index (χ2n) is 10.1. The van der Waals surface area contributed by atoms with Crippen molar-refractivity contribution >= 4 is 22.7 Å². The van der Waals surface area contributed by atoms with E-state index in [1.807, 2.05) is 6.92 Å². The number of rotatable bonds is 8. The van der Waals surface area contributed by atoms with Gasteiger partial charge in [-0.25, -0.2) is 0 Å². The molecule has 0 aromatic carbocycles. The summed E-state index contributed by atoms with van der Waals surface area (Å²) in [4.78, 5) is 11.1. The summed E-state index contributed by atoms with van der Waals surface area (Å²) in [5, 5.41) is 0.130. The number of aldehydes is 1. The van der Waals surface area contributed by atoms with Crippen LogP contribution >= 0.6 is 0 Å². The normalized spacial score (nSPS) is 22.8. The van der Waals surface area contributed by atoms with E-state index in [-0.39, 0.29) is 29.3 Å². The molecule has 1 aliphatic rings. The molecular weight excluding hydrogens is 356 g/mol. The fourth-order valence-corrected chi connectivity index (χ4v) is 4.35. The van der Waals surface area contributed by atoms with E-state index in [4.69, 9.17) is 9.16 Å². The van der Waals surface area contributed by atoms with E-state index in [2.05, 4.69) is 71.5 Å². The lowest BCUT2D eigenvalue weighted by molar-refractivity contribution is -0.109. The molecule has 26 heavy (non-hydrogen) atoms. The summed E-state index contributed by atoms with van der Waals surface area (Å²) in [6.45, 7) is 24.0. The second-order valence-corrected chi connectivity index (χ2v) is 19.6. The lowest BCUT2D eigenvalue weighted by Gasteiger charge is -2.39. The summed E-state index contributed by atoms with van der Waals surface area (Å²) >= 11 is 0. The first-order chi connectivity index (χ1) is 11.7. The molecule has 1 fully saturated rings. The van der Waals surface area contributed by atoms with E-state index in [0.29, 0.717) is 6.42 Å². The average Bonchev–Trinajstić information content (AvgIpc) is 3.22. The molecule has 0 aliphatic carbocycles. The highest BCUT2D eigenvalue weighted by molar-refractivity contribution is 6.83. The maximum Gasteiger partial charge on any atom is 0.192 e. The molecule has 1 heterocycles. The van der Waals surface area contributed by atoms with Gasteiger partial charge in [-0.15, -0.1) is 11.5 Å². The zero-order chi connectivity index (χ0) is 20.3. The Morgan fingerprint density at radius 2 is 1.85 bits per heavy atom. The third-order valence-corrected chi connectivity index (χ3v) is 10.7. The SMILES string of the molecule is C=C(C[C@@H](O[Si](C)(C)C(C)(C)C)[C@H]1O[C@@H]1CC#C[Si](C)(C)C)[C@H](C)C=O. The monoisotopic (exact) mass is 394 g/mol. The van der Waals surface area contributed by atoms with Crippen molar-refractivity contribution in [3.05, 3.63) is 12.2 Å². The van der Waals surface area contributed by atoms with Crippen LogP contribution in [0.25, 0.3) is 0 Å². The molecule has 4 atom stereocenters. The Bertz CT molecular complexity index is 573. The largest absolute Gasteiger partial charge is 0.411 e. The summed E-state index contributed by atoms with van der Waals surface area (Å²) in [6, 6.07) is 0. The lowest BCUT2D eigenvalue weighted by Crippen LogP contribution is -2.45. The summed E-state index contributed by atoms with van der Waals surface area (Å²) in [5.74, 6) is 3.17. The van der Waals surface area contributed by atoms with E-state index in [0.717, 1.165) is 18.3 Å². The molecule has 1 aliphatic heterocycles. The van der Waals surface area contributed by atoms with Gasteiger partial charge in [0.15, 0.2) is 8.32 Å². The number of hydrogen-bond acceptors (Lipinski definition) is 3. The minimum atomic E-state index is -1.93. The standard InChI is InChI=1S/C21H38O3Si2/c1-16(17(2)15-22)14-19(24-26(9,10)21(3,4)5)20-18(23-20)12-11-13-25(6,7)8/h15,17-20H,1,12,14H2,2-10H3/t17-,18-,19-,20+/m1/s1. The Morgan fingerprint density at radius 1 is 1.27 bits per heavy atom. The summed E-state index contributed by atoms with van der Waals surface area (Å²) < 4.78 is 12.6. The third-order valence-electron chi connectivity index (χ3n) is 5.32. The van der Waals surface area contributed by atoms with Gasteiger partial charge in [0.1, 0.15) is 20.5 Å². The summed E-state index contributed by atoms with van der Waals surface area (Å²) in [7, 11) is -3.28. The van der Waals surface area contributed by atoms with Gasteiger partial charge >= 0.3 is 0 Å². The van der Waals surface area contributed by atoms with Crippen LogP contribution in [-0.2, 0) is 14.0 Å². The fraction of sp³-hybridized carbons (Fsp3) is 0.762. The summed E-state index contributed by atoms with van der Waals surface area (Å²) in [6.07, 6.45) is 2.57. The Hall–Kier alpha value is -0.676. The van der Waals surface area contributed by atoms with Crippen molar-refractivity contribution < 1.29 is 14.0 Å². The van der Waals surface area contributed by atoms with Crippen molar-refractivity contribution in [2.45, 2.75) is 96.6 Å². The van der Waals surface area contributed by atoms with Crippen LogP contribution in [-0.4, -0.2) is 41.0 Å². The van der Waals surface area contributed by atoms with Crippen LogP contribution in [0.3, 0.4) is 0 Å². The number of carbonyl (C=O) groups excluding carboxylic acids is 1. The van der Waals surface area contributed by atoms with Crippen LogP contribution in [0.15, 0.2) is 12.2 Å². The van der Waals surface area contributed by atoms with Crippen molar-refractivity contribution in [1.29, 1.82) is 0 Å². The van der Waals surface area contributed by atoms with Crippen molar-refractivity contribution in [3.63, 3.8) is 0 Å². The molecule has 148 valence electrons. The molecule has 5 heteroatoms. The van der Waals surface area contributed by atoms with Crippen LogP contribution in [0.2, 0.25) is 37.8 Å². The van der Waals surface area contributed by atoms with E-state index in [1.54, 1.807) is 0 Å². The smallest absolute Gasteiger partial charge is 0.192 e. The Labute approximate surface area is 163 Å². The van der Waals surface area contributed by atoms with Crippen molar-refractivity contribution in [2.75, 3.05) is 0 Å². The highest BCUT2D eigenvalue weighted by Gasteiger charge is 2.49. The van der Waals surface area contributed by atoms with Crippen LogP contribution < -0.4 is 0 Å². The molecule has 0 N–H and O–H groups in total. The molecule has 0 unspecified atom stereocenters. The molecule has 0 radical (unpaired) electrons. The predicted octanol–water partition coefficient (Wildman–Crippen LogP) is 5.20. The quantitative estimate of drug-likeness (QED) is 0.187. The van der Waals surface area contributed by atoms with E-state index in [9.17, 15) is 4.79 Å². The maximum absolute atomic E-state index is 11.1. The minimum Gasteiger partial charge on any atom is -0.411 e. The molecule has 0 spiro atoms. The first kappa shape index (κ1) is 23.4. The van der Waals surface area contributed by atoms with Gasteiger partial charge in [-0.05, 0) is 24.6 Å². The predicted molar refractivity (Wildman–Crippen MR) is 115 cm³/mol. The molecule has 1 rings (SSSR count). The van der Waals surface area contributed by atoms with E-state index in [1.165, 1.54) is 0 Å².